The molecule has 6 heteroatoms. The molecule has 0 aliphatic heterocycles. The second-order valence-corrected chi connectivity index (χ2v) is 2.97. The molecule has 0 saturated carbocycles. The number of ether oxygens (including phenoxy) is 2. The SMILES string of the molecule is COCC(CNC(C)C(N)=NO)OC. The predicted molar refractivity (Wildman–Crippen MR) is 53.5 cm³/mol. The van der Waals surface area contributed by atoms with E-state index in [1.54, 1.807) is 21.1 Å². The molecule has 2 unspecified atom stereocenters. The molecule has 0 aliphatic carbocycles. The molecule has 0 aromatic carbocycles. The van der Waals surface area contributed by atoms with Gasteiger partial charge in [0.25, 0.3) is 0 Å². The van der Waals surface area contributed by atoms with Gasteiger partial charge in [0, 0.05) is 20.8 Å². The van der Waals surface area contributed by atoms with Crippen LogP contribution in [0.25, 0.3) is 0 Å². The fourth-order valence-corrected chi connectivity index (χ4v) is 0.896. The summed E-state index contributed by atoms with van der Waals surface area (Å²) in [6.07, 6.45) is -0.0334. The third-order valence-electron chi connectivity index (χ3n) is 1.90. The van der Waals surface area contributed by atoms with Crippen LogP contribution in [0.2, 0.25) is 0 Å². The first-order valence-electron chi connectivity index (χ1n) is 4.38. The Morgan fingerprint density at radius 1 is 1.57 bits per heavy atom. The van der Waals surface area contributed by atoms with Crippen LogP contribution in [0.4, 0.5) is 0 Å². The predicted octanol–water partition coefficient (Wildman–Crippen LogP) is -0.628. The Morgan fingerprint density at radius 3 is 2.64 bits per heavy atom. The zero-order chi connectivity index (χ0) is 11.0. The third kappa shape index (κ3) is 5.00. The van der Waals surface area contributed by atoms with Gasteiger partial charge in [0.2, 0.25) is 0 Å². The van der Waals surface area contributed by atoms with Crippen LogP contribution in [0.5, 0.6) is 0 Å². The van der Waals surface area contributed by atoms with Crippen LogP contribution in [-0.2, 0) is 9.47 Å². The minimum absolute atomic E-state index is 0.0334. The number of rotatable bonds is 7. The van der Waals surface area contributed by atoms with Gasteiger partial charge < -0.3 is 25.7 Å². The molecule has 14 heavy (non-hydrogen) atoms. The Balaban J connectivity index is 3.78. The minimum atomic E-state index is -0.186. The van der Waals surface area contributed by atoms with E-state index in [4.69, 9.17) is 20.4 Å². The summed E-state index contributed by atoms with van der Waals surface area (Å²) >= 11 is 0. The molecule has 0 spiro atoms. The summed E-state index contributed by atoms with van der Waals surface area (Å²) in [5, 5.41) is 14.3. The highest BCUT2D eigenvalue weighted by molar-refractivity contribution is 5.84. The van der Waals surface area contributed by atoms with E-state index in [9.17, 15) is 0 Å². The quantitative estimate of drug-likeness (QED) is 0.223. The molecule has 0 aliphatic rings. The van der Waals surface area contributed by atoms with Gasteiger partial charge in [-0.25, -0.2) is 0 Å². The summed E-state index contributed by atoms with van der Waals surface area (Å²) in [5.41, 5.74) is 5.38. The first-order chi connectivity index (χ1) is 6.65. The number of nitrogens with one attached hydrogen (secondary N) is 1. The maximum atomic E-state index is 8.40. The summed E-state index contributed by atoms with van der Waals surface area (Å²) in [7, 11) is 3.22. The van der Waals surface area contributed by atoms with E-state index in [1.807, 2.05) is 0 Å². The van der Waals surface area contributed by atoms with Gasteiger partial charge in [-0.15, -0.1) is 0 Å². The van der Waals surface area contributed by atoms with E-state index >= 15 is 0 Å². The number of hydrogen-bond acceptors (Lipinski definition) is 5. The van der Waals surface area contributed by atoms with E-state index in [2.05, 4.69) is 10.5 Å². The van der Waals surface area contributed by atoms with E-state index in [-0.39, 0.29) is 18.0 Å². The molecule has 4 N–H and O–H groups in total. The van der Waals surface area contributed by atoms with Gasteiger partial charge in [0.1, 0.15) is 0 Å². The van der Waals surface area contributed by atoms with Crippen molar-refractivity contribution in [3.05, 3.63) is 0 Å². The molecule has 2 atom stereocenters. The minimum Gasteiger partial charge on any atom is -0.409 e. The van der Waals surface area contributed by atoms with Crippen LogP contribution in [0, 0.1) is 0 Å². The Bertz CT molecular complexity index is 175. The van der Waals surface area contributed by atoms with Crippen molar-refractivity contribution in [2.45, 2.75) is 19.1 Å². The molecule has 0 amide bonds. The lowest BCUT2D eigenvalue weighted by Crippen LogP contribution is -2.43. The van der Waals surface area contributed by atoms with E-state index in [0.717, 1.165) is 0 Å². The smallest absolute Gasteiger partial charge is 0.156 e. The number of nitrogens with zero attached hydrogens (tertiary/aromatic N) is 1. The van der Waals surface area contributed by atoms with Crippen LogP contribution in [0.1, 0.15) is 6.92 Å². The zero-order valence-corrected chi connectivity index (χ0v) is 8.86. The Morgan fingerprint density at radius 2 is 2.21 bits per heavy atom. The summed E-state index contributed by atoms with van der Waals surface area (Å²) in [5.74, 6) is 0.150. The lowest BCUT2D eigenvalue weighted by molar-refractivity contribution is 0.0285. The van der Waals surface area contributed by atoms with E-state index in [1.165, 1.54) is 0 Å². The number of amidine groups is 1. The monoisotopic (exact) mass is 205 g/mol. The van der Waals surface area contributed by atoms with Crippen LogP contribution >= 0.6 is 0 Å². The molecular weight excluding hydrogens is 186 g/mol. The van der Waals surface area contributed by atoms with Crippen molar-refractivity contribution in [1.29, 1.82) is 0 Å². The Labute approximate surface area is 84.1 Å². The van der Waals surface area contributed by atoms with Gasteiger partial charge in [-0.05, 0) is 6.92 Å². The average Bonchev–Trinajstić information content (AvgIpc) is 2.22. The van der Waals surface area contributed by atoms with Crippen LogP contribution in [0.3, 0.4) is 0 Å². The van der Waals surface area contributed by atoms with Crippen molar-refractivity contribution in [1.82, 2.24) is 5.32 Å². The maximum Gasteiger partial charge on any atom is 0.156 e. The summed E-state index contributed by atoms with van der Waals surface area (Å²) < 4.78 is 10.1. The van der Waals surface area contributed by atoms with Gasteiger partial charge in [0.15, 0.2) is 5.84 Å². The average molecular weight is 205 g/mol. The second kappa shape index (κ2) is 7.54. The fraction of sp³-hybridized carbons (Fsp3) is 0.875. The number of hydrogen-bond donors (Lipinski definition) is 3. The molecule has 0 aromatic rings. The summed E-state index contributed by atoms with van der Waals surface area (Å²) in [6, 6.07) is -0.186. The largest absolute Gasteiger partial charge is 0.409 e. The van der Waals surface area contributed by atoms with Crippen molar-refractivity contribution in [2.24, 2.45) is 10.9 Å². The van der Waals surface area contributed by atoms with Crippen LogP contribution < -0.4 is 11.1 Å². The number of nitrogens with two attached hydrogens (primary N) is 1. The zero-order valence-electron chi connectivity index (χ0n) is 8.86. The number of oxime groups is 1. The lowest BCUT2D eigenvalue weighted by atomic mass is 10.3. The van der Waals surface area contributed by atoms with E-state index in [0.29, 0.717) is 13.2 Å². The van der Waals surface area contributed by atoms with Crippen molar-refractivity contribution in [2.75, 3.05) is 27.4 Å². The molecular formula is C8H19N3O3. The highest BCUT2D eigenvalue weighted by atomic mass is 16.5. The molecule has 0 aromatic heterocycles. The normalized spacial score (nSPS) is 16.6. The van der Waals surface area contributed by atoms with Gasteiger partial charge in [0.05, 0.1) is 18.8 Å². The first kappa shape index (κ1) is 13.2. The van der Waals surface area contributed by atoms with Crippen molar-refractivity contribution in [3.63, 3.8) is 0 Å². The lowest BCUT2D eigenvalue weighted by Gasteiger charge is -2.18. The van der Waals surface area contributed by atoms with Gasteiger partial charge in [-0.2, -0.15) is 0 Å². The molecule has 0 bridgehead atoms. The summed E-state index contributed by atoms with van der Waals surface area (Å²) in [6.45, 7) is 2.89. The summed E-state index contributed by atoms with van der Waals surface area (Å²) in [4.78, 5) is 0. The van der Waals surface area contributed by atoms with Gasteiger partial charge in [-0.1, -0.05) is 5.16 Å². The first-order valence-corrected chi connectivity index (χ1v) is 4.38. The highest BCUT2D eigenvalue weighted by Crippen LogP contribution is 1.90. The molecule has 0 saturated heterocycles. The van der Waals surface area contributed by atoms with Crippen LogP contribution in [0.15, 0.2) is 5.16 Å². The van der Waals surface area contributed by atoms with E-state index < -0.39 is 0 Å². The number of methoxy groups -OCH3 is 2. The molecule has 0 heterocycles. The van der Waals surface area contributed by atoms with Crippen molar-refractivity contribution >= 4 is 5.84 Å². The molecule has 84 valence electrons. The molecule has 0 fully saturated rings. The molecule has 0 rings (SSSR count). The standard InChI is InChI=1S/C8H19N3O3/c1-6(8(9)11-12)10-4-7(14-3)5-13-2/h6-7,10,12H,4-5H2,1-3H3,(H2,9,11). The molecule has 0 radical (unpaired) electrons. The fourth-order valence-electron chi connectivity index (χ4n) is 0.896. The Hall–Kier alpha value is -0.850. The second-order valence-electron chi connectivity index (χ2n) is 2.97. The molecule has 6 nitrogen and oxygen atoms in total. The van der Waals surface area contributed by atoms with Crippen molar-refractivity contribution in [3.8, 4) is 0 Å². The topological polar surface area (TPSA) is 89.1 Å². The highest BCUT2D eigenvalue weighted by Gasteiger charge is 2.11. The van der Waals surface area contributed by atoms with Crippen LogP contribution in [-0.4, -0.2) is 50.6 Å². The van der Waals surface area contributed by atoms with Crippen molar-refractivity contribution < 1.29 is 14.7 Å². The van der Waals surface area contributed by atoms with Gasteiger partial charge >= 0.3 is 0 Å². The maximum absolute atomic E-state index is 8.40. The Kier molecular flexibility index (Phi) is 7.09. The van der Waals surface area contributed by atoms with Gasteiger partial charge in [-0.3, -0.25) is 0 Å². The third-order valence-corrected chi connectivity index (χ3v) is 1.90.